The van der Waals surface area contributed by atoms with Crippen molar-refractivity contribution in [3.8, 4) is 5.75 Å². The molecule has 1 N–H and O–H groups in total. The van der Waals surface area contributed by atoms with E-state index in [0.29, 0.717) is 12.3 Å². The molecule has 3 rings (SSSR count). The topological polar surface area (TPSA) is 58.6 Å². The van der Waals surface area contributed by atoms with Crippen LogP contribution in [0, 0.1) is 0 Å². The minimum absolute atomic E-state index is 0.240. The summed E-state index contributed by atoms with van der Waals surface area (Å²) < 4.78 is 32.4. The van der Waals surface area contributed by atoms with Gasteiger partial charge in [-0.2, -0.15) is 0 Å². The number of nitrogens with one attached hydrogen (secondary N) is 1. The van der Waals surface area contributed by atoms with Crippen LogP contribution >= 0.6 is 0 Å². The molecule has 0 saturated heterocycles. The number of benzene rings is 2. The lowest BCUT2D eigenvalue weighted by Gasteiger charge is -2.28. The van der Waals surface area contributed by atoms with Gasteiger partial charge in [0.15, 0.2) is 0 Å². The molecule has 1 aliphatic rings. The Morgan fingerprint density at radius 2 is 1.88 bits per heavy atom. The van der Waals surface area contributed by atoms with Gasteiger partial charge in [0, 0.05) is 25.7 Å². The number of nitrogens with zero attached hydrogens (tertiary/aromatic N) is 1. The van der Waals surface area contributed by atoms with Crippen LogP contribution in [0.5, 0.6) is 5.75 Å². The molecule has 5 nitrogen and oxygen atoms in total. The van der Waals surface area contributed by atoms with E-state index in [4.69, 9.17) is 4.74 Å². The van der Waals surface area contributed by atoms with E-state index < -0.39 is 10.0 Å². The van der Waals surface area contributed by atoms with Gasteiger partial charge in [-0.25, -0.2) is 13.1 Å². The number of hydrogen-bond donors (Lipinski definition) is 1. The number of hydrogen-bond acceptors (Lipinski definition) is 4. The lowest BCUT2D eigenvalue weighted by atomic mass is 10.00. The van der Waals surface area contributed by atoms with Crippen molar-refractivity contribution in [2.24, 2.45) is 0 Å². The quantitative estimate of drug-likeness (QED) is 0.722. The van der Waals surface area contributed by atoms with Crippen molar-refractivity contribution in [1.82, 2.24) is 9.62 Å². The van der Waals surface area contributed by atoms with E-state index in [0.717, 1.165) is 38.9 Å². The van der Waals surface area contributed by atoms with Gasteiger partial charge < -0.3 is 4.74 Å². The first kappa shape index (κ1) is 18.9. The van der Waals surface area contributed by atoms with Crippen molar-refractivity contribution >= 4 is 10.0 Å². The molecule has 0 atom stereocenters. The number of sulfonamides is 1. The number of ether oxygens (including phenoxy) is 1. The Balaban J connectivity index is 1.41. The third-order valence-electron chi connectivity index (χ3n) is 4.75. The van der Waals surface area contributed by atoms with Gasteiger partial charge in [-0.3, -0.25) is 4.90 Å². The van der Waals surface area contributed by atoms with Crippen molar-refractivity contribution < 1.29 is 13.2 Å². The fourth-order valence-corrected chi connectivity index (χ4v) is 4.37. The Morgan fingerprint density at radius 1 is 1.08 bits per heavy atom. The SMILES string of the molecule is COc1cccc(S(=O)(=O)NCCCCN2CCc3ccccc3C2)c1. The Morgan fingerprint density at radius 3 is 2.69 bits per heavy atom. The Labute approximate surface area is 156 Å². The first-order chi connectivity index (χ1) is 12.6. The summed E-state index contributed by atoms with van der Waals surface area (Å²) in [5, 5.41) is 0. The first-order valence-electron chi connectivity index (χ1n) is 9.01. The number of rotatable bonds is 8. The summed E-state index contributed by atoms with van der Waals surface area (Å²) in [6.45, 7) is 3.51. The molecule has 0 aliphatic carbocycles. The predicted molar refractivity (Wildman–Crippen MR) is 103 cm³/mol. The van der Waals surface area contributed by atoms with E-state index in [2.05, 4.69) is 33.9 Å². The maximum absolute atomic E-state index is 12.3. The molecule has 26 heavy (non-hydrogen) atoms. The largest absolute Gasteiger partial charge is 0.497 e. The average Bonchev–Trinajstić information content (AvgIpc) is 2.67. The third kappa shape index (κ3) is 4.84. The fraction of sp³-hybridized carbons (Fsp3) is 0.400. The van der Waals surface area contributed by atoms with Crippen LogP contribution in [0.3, 0.4) is 0 Å². The number of methoxy groups -OCH3 is 1. The van der Waals surface area contributed by atoms with Crippen LogP contribution in [-0.2, 0) is 23.0 Å². The van der Waals surface area contributed by atoms with E-state index in [1.807, 2.05) is 0 Å². The van der Waals surface area contributed by atoms with Crippen molar-refractivity contribution in [3.63, 3.8) is 0 Å². The molecule has 1 aliphatic heterocycles. The number of fused-ring (bicyclic) bond motifs is 1. The Hall–Kier alpha value is -1.89. The average molecular weight is 375 g/mol. The van der Waals surface area contributed by atoms with Crippen molar-refractivity contribution in [1.29, 1.82) is 0 Å². The normalized spacial score (nSPS) is 14.8. The van der Waals surface area contributed by atoms with Crippen LogP contribution in [0.4, 0.5) is 0 Å². The highest BCUT2D eigenvalue weighted by Crippen LogP contribution is 2.19. The molecule has 6 heteroatoms. The van der Waals surface area contributed by atoms with Gasteiger partial charge >= 0.3 is 0 Å². The van der Waals surface area contributed by atoms with Gasteiger partial charge in [0.2, 0.25) is 10.0 Å². The van der Waals surface area contributed by atoms with Gasteiger partial charge in [-0.1, -0.05) is 30.3 Å². The van der Waals surface area contributed by atoms with Crippen molar-refractivity contribution in [2.75, 3.05) is 26.7 Å². The van der Waals surface area contributed by atoms with Gasteiger partial charge in [0.05, 0.1) is 12.0 Å². The molecule has 0 fully saturated rings. The molecule has 0 radical (unpaired) electrons. The summed E-state index contributed by atoms with van der Waals surface area (Å²) in [5.74, 6) is 0.540. The minimum Gasteiger partial charge on any atom is -0.497 e. The maximum atomic E-state index is 12.3. The molecule has 2 aromatic carbocycles. The van der Waals surface area contributed by atoms with Crippen LogP contribution < -0.4 is 9.46 Å². The molecule has 2 aromatic rings. The summed E-state index contributed by atoms with van der Waals surface area (Å²) in [4.78, 5) is 2.68. The molecule has 0 bridgehead atoms. The molecule has 0 unspecified atom stereocenters. The highest BCUT2D eigenvalue weighted by Gasteiger charge is 2.16. The second-order valence-electron chi connectivity index (χ2n) is 6.58. The zero-order valence-corrected chi connectivity index (χ0v) is 16.0. The maximum Gasteiger partial charge on any atom is 0.240 e. The standard InChI is InChI=1S/C20H26N2O3S/c1-25-19-9-6-10-20(15-19)26(23,24)21-12-4-5-13-22-14-11-17-7-2-3-8-18(17)16-22/h2-3,6-10,15,21H,4-5,11-14,16H2,1H3. The van der Waals surface area contributed by atoms with Crippen LogP contribution in [0.1, 0.15) is 24.0 Å². The third-order valence-corrected chi connectivity index (χ3v) is 6.21. The molecule has 0 saturated carbocycles. The van der Waals surface area contributed by atoms with Gasteiger partial charge in [0.25, 0.3) is 0 Å². The van der Waals surface area contributed by atoms with Crippen LogP contribution in [0.15, 0.2) is 53.4 Å². The minimum atomic E-state index is -3.48. The van der Waals surface area contributed by atoms with E-state index in [1.54, 1.807) is 18.2 Å². The van der Waals surface area contributed by atoms with Crippen LogP contribution in [-0.4, -0.2) is 40.1 Å². The molecule has 0 aromatic heterocycles. The molecular weight excluding hydrogens is 348 g/mol. The second kappa shape index (κ2) is 8.66. The lowest BCUT2D eigenvalue weighted by Crippen LogP contribution is -2.32. The Kier molecular flexibility index (Phi) is 6.29. The van der Waals surface area contributed by atoms with Crippen molar-refractivity contribution in [3.05, 3.63) is 59.7 Å². The first-order valence-corrected chi connectivity index (χ1v) is 10.5. The highest BCUT2D eigenvalue weighted by molar-refractivity contribution is 7.89. The number of unbranched alkanes of at least 4 members (excludes halogenated alkanes) is 1. The van der Waals surface area contributed by atoms with Gasteiger partial charge in [-0.05, 0) is 49.1 Å². The van der Waals surface area contributed by atoms with E-state index in [-0.39, 0.29) is 4.90 Å². The smallest absolute Gasteiger partial charge is 0.240 e. The summed E-state index contributed by atoms with van der Waals surface area (Å²) in [7, 11) is -1.96. The summed E-state index contributed by atoms with van der Waals surface area (Å²) in [6.07, 6.45) is 2.89. The molecule has 1 heterocycles. The molecule has 0 spiro atoms. The lowest BCUT2D eigenvalue weighted by molar-refractivity contribution is 0.249. The zero-order valence-electron chi connectivity index (χ0n) is 15.1. The molecule has 140 valence electrons. The van der Waals surface area contributed by atoms with Crippen molar-refractivity contribution in [2.45, 2.75) is 30.7 Å². The van der Waals surface area contributed by atoms with Gasteiger partial charge in [-0.15, -0.1) is 0 Å². The summed E-state index contributed by atoms with van der Waals surface area (Å²) >= 11 is 0. The molecule has 0 amide bonds. The summed E-state index contributed by atoms with van der Waals surface area (Å²) in [5.41, 5.74) is 2.87. The van der Waals surface area contributed by atoms with Crippen LogP contribution in [0.2, 0.25) is 0 Å². The fourth-order valence-electron chi connectivity index (χ4n) is 3.26. The highest BCUT2D eigenvalue weighted by atomic mass is 32.2. The van der Waals surface area contributed by atoms with Gasteiger partial charge in [0.1, 0.15) is 5.75 Å². The molecular formula is C20H26N2O3S. The summed E-state index contributed by atoms with van der Waals surface area (Å²) in [6, 6.07) is 15.1. The predicted octanol–water partition coefficient (Wildman–Crippen LogP) is 2.81. The monoisotopic (exact) mass is 374 g/mol. The van der Waals surface area contributed by atoms with E-state index >= 15 is 0 Å². The second-order valence-corrected chi connectivity index (χ2v) is 8.35. The Bertz CT molecular complexity index is 836. The van der Waals surface area contributed by atoms with Crippen LogP contribution in [0.25, 0.3) is 0 Å². The van der Waals surface area contributed by atoms with E-state index in [1.165, 1.54) is 24.3 Å². The van der Waals surface area contributed by atoms with E-state index in [9.17, 15) is 8.42 Å². The zero-order chi connectivity index (χ0) is 18.4.